The predicted octanol–water partition coefficient (Wildman–Crippen LogP) is 3.36. The van der Waals surface area contributed by atoms with Crippen LogP contribution in [0.1, 0.15) is 24.2 Å². The second-order valence-corrected chi connectivity index (χ2v) is 5.93. The van der Waals surface area contributed by atoms with Crippen LogP contribution < -0.4 is 14.2 Å². The average Bonchev–Trinajstić information content (AvgIpc) is 2.50. The van der Waals surface area contributed by atoms with Gasteiger partial charge in [-0.05, 0) is 65.1 Å². The molecule has 0 atom stereocenters. The summed E-state index contributed by atoms with van der Waals surface area (Å²) in [5.41, 5.74) is -0.0255. The van der Waals surface area contributed by atoms with Gasteiger partial charge in [-0.15, -0.1) is 0 Å². The summed E-state index contributed by atoms with van der Waals surface area (Å²) in [6, 6.07) is 10.9. The van der Waals surface area contributed by atoms with Crippen LogP contribution in [-0.2, 0) is 9.59 Å². The van der Waals surface area contributed by atoms with Crippen molar-refractivity contribution in [1.29, 1.82) is 0 Å². The van der Waals surface area contributed by atoms with Gasteiger partial charge in [-0.1, -0.05) is 0 Å². The van der Waals surface area contributed by atoms with Crippen LogP contribution in [0.3, 0.4) is 0 Å². The van der Waals surface area contributed by atoms with Crippen LogP contribution in [-0.4, -0.2) is 17.9 Å². The second-order valence-electron chi connectivity index (χ2n) is 4.69. The van der Waals surface area contributed by atoms with Crippen LogP contribution in [0, 0.1) is 3.57 Å². The minimum Gasteiger partial charge on any atom is -0.427 e. The Hall–Kier alpha value is -2.42. The Morgan fingerprint density at radius 2 is 1.38 bits per heavy atom. The lowest BCUT2D eigenvalue weighted by Crippen LogP contribution is -2.13. The number of ether oxygens (including phenoxy) is 3. The molecule has 0 saturated heterocycles. The van der Waals surface area contributed by atoms with Gasteiger partial charge in [0.2, 0.25) is 0 Å². The SMILES string of the molecule is CC(=O)Oc1ccc(OC(C)=O)c(C(=O)Oc2ccc(I)cc2)c1. The molecule has 2 aromatic rings. The Balaban J connectivity index is 2.32. The maximum Gasteiger partial charge on any atom is 0.347 e. The number of hydrogen-bond acceptors (Lipinski definition) is 6. The highest BCUT2D eigenvalue weighted by atomic mass is 127. The van der Waals surface area contributed by atoms with E-state index in [0.717, 1.165) is 3.57 Å². The van der Waals surface area contributed by atoms with Gasteiger partial charge in [-0.2, -0.15) is 0 Å². The zero-order valence-electron chi connectivity index (χ0n) is 12.9. The summed E-state index contributed by atoms with van der Waals surface area (Å²) in [5, 5.41) is 0. The van der Waals surface area contributed by atoms with Gasteiger partial charge in [-0.25, -0.2) is 4.79 Å². The fourth-order valence-electron chi connectivity index (χ4n) is 1.81. The molecule has 0 saturated carbocycles. The lowest BCUT2D eigenvalue weighted by atomic mass is 10.2. The molecule has 0 spiro atoms. The van der Waals surface area contributed by atoms with Crippen LogP contribution in [0.25, 0.3) is 0 Å². The van der Waals surface area contributed by atoms with Crippen LogP contribution in [0.5, 0.6) is 17.2 Å². The Bertz CT molecular complexity index is 782. The quantitative estimate of drug-likeness (QED) is 0.412. The lowest BCUT2D eigenvalue weighted by Gasteiger charge is -2.11. The third-order valence-electron chi connectivity index (χ3n) is 2.71. The molecule has 2 aromatic carbocycles. The average molecular weight is 440 g/mol. The number of carbonyl (C=O) groups excluding carboxylic acids is 3. The van der Waals surface area contributed by atoms with E-state index in [1.807, 2.05) is 0 Å². The number of esters is 3. The molecule has 0 heterocycles. The Kier molecular flexibility index (Phi) is 5.91. The van der Waals surface area contributed by atoms with Crippen LogP contribution in [0.2, 0.25) is 0 Å². The summed E-state index contributed by atoms with van der Waals surface area (Å²) in [6.07, 6.45) is 0. The van der Waals surface area contributed by atoms with Gasteiger partial charge in [-0.3, -0.25) is 9.59 Å². The van der Waals surface area contributed by atoms with Crippen molar-refractivity contribution >= 4 is 40.5 Å². The topological polar surface area (TPSA) is 78.9 Å². The molecule has 7 heteroatoms. The lowest BCUT2D eigenvalue weighted by molar-refractivity contribution is -0.133. The predicted molar refractivity (Wildman–Crippen MR) is 93.2 cm³/mol. The molecule has 0 unspecified atom stereocenters. The number of hydrogen-bond donors (Lipinski definition) is 0. The van der Waals surface area contributed by atoms with Gasteiger partial charge in [0.05, 0.1) is 0 Å². The minimum atomic E-state index is -0.735. The van der Waals surface area contributed by atoms with Gasteiger partial charge in [0.25, 0.3) is 0 Å². The van der Waals surface area contributed by atoms with Crippen LogP contribution in [0.15, 0.2) is 42.5 Å². The van der Waals surface area contributed by atoms with Gasteiger partial charge >= 0.3 is 17.9 Å². The largest absolute Gasteiger partial charge is 0.427 e. The van der Waals surface area contributed by atoms with Crippen molar-refractivity contribution in [1.82, 2.24) is 0 Å². The molecule has 0 N–H and O–H groups in total. The molecule has 2 rings (SSSR count). The number of carbonyl (C=O) groups is 3. The first-order chi connectivity index (χ1) is 11.3. The van der Waals surface area contributed by atoms with E-state index in [2.05, 4.69) is 22.6 Å². The monoisotopic (exact) mass is 440 g/mol. The first-order valence-corrected chi connectivity index (χ1v) is 7.91. The maximum atomic E-state index is 12.4. The van der Waals surface area contributed by atoms with Gasteiger partial charge in [0.15, 0.2) is 0 Å². The zero-order chi connectivity index (χ0) is 17.7. The summed E-state index contributed by atoms with van der Waals surface area (Å²) >= 11 is 2.13. The molecule has 0 aliphatic heterocycles. The van der Waals surface area contributed by atoms with Crippen LogP contribution >= 0.6 is 22.6 Å². The standard InChI is InChI=1S/C17H13IO6/c1-10(19)22-14-7-8-16(23-11(2)20)15(9-14)17(21)24-13-5-3-12(18)4-6-13/h3-9H,1-2H3. The molecule has 0 bridgehead atoms. The number of rotatable bonds is 4. The van der Waals surface area contributed by atoms with Crippen molar-refractivity contribution in [2.75, 3.05) is 0 Å². The number of halogens is 1. The highest BCUT2D eigenvalue weighted by molar-refractivity contribution is 14.1. The van der Waals surface area contributed by atoms with E-state index in [-0.39, 0.29) is 17.1 Å². The summed E-state index contributed by atoms with van der Waals surface area (Å²) in [7, 11) is 0. The van der Waals surface area contributed by atoms with E-state index in [4.69, 9.17) is 14.2 Å². The molecule has 0 amide bonds. The van der Waals surface area contributed by atoms with E-state index in [0.29, 0.717) is 5.75 Å². The molecule has 6 nitrogen and oxygen atoms in total. The highest BCUT2D eigenvalue weighted by Crippen LogP contribution is 2.26. The maximum absolute atomic E-state index is 12.4. The van der Waals surface area contributed by atoms with E-state index >= 15 is 0 Å². The molecule has 0 aromatic heterocycles. The Morgan fingerprint density at radius 3 is 1.96 bits per heavy atom. The molecular weight excluding hydrogens is 427 g/mol. The molecule has 0 radical (unpaired) electrons. The Morgan fingerprint density at radius 1 is 0.792 bits per heavy atom. The normalized spacial score (nSPS) is 9.96. The van der Waals surface area contributed by atoms with Gasteiger partial charge < -0.3 is 14.2 Å². The molecule has 0 aliphatic rings. The summed E-state index contributed by atoms with van der Waals surface area (Å²) in [4.78, 5) is 34.6. The second kappa shape index (κ2) is 7.91. The molecular formula is C17H13IO6. The fraction of sp³-hybridized carbons (Fsp3) is 0.118. The summed E-state index contributed by atoms with van der Waals surface area (Å²) in [5.74, 6) is -1.35. The van der Waals surface area contributed by atoms with Crippen LogP contribution in [0.4, 0.5) is 0 Å². The Labute approximate surface area is 151 Å². The van der Waals surface area contributed by atoms with E-state index in [9.17, 15) is 14.4 Å². The molecule has 0 aliphatic carbocycles. The van der Waals surface area contributed by atoms with E-state index < -0.39 is 17.9 Å². The third kappa shape index (κ3) is 5.05. The molecule has 124 valence electrons. The highest BCUT2D eigenvalue weighted by Gasteiger charge is 2.18. The van der Waals surface area contributed by atoms with Crippen molar-refractivity contribution in [3.63, 3.8) is 0 Å². The minimum absolute atomic E-state index is 0.0221. The zero-order valence-corrected chi connectivity index (χ0v) is 15.0. The van der Waals surface area contributed by atoms with Crippen molar-refractivity contribution < 1.29 is 28.6 Å². The van der Waals surface area contributed by atoms with Gasteiger partial charge in [0, 0.05) is 17.4 Å². The smallest absolute Gasteiger partial charge is 0.347 e. The first-order valence-electron chi connectivity index (χ1n) is 6.84. The summed E-state index contributed by atoms with van der Waals surface area (Å²) < 4.78 is 16.2. The van der Waals surface area contributed by atoms with Crippen molar-refractivity contribution in [3.05, 3.63) is 51.6 Å². The molecule has 24 heavy (non-hydrogen) atoms. The molecule has 0 fully saturated rings. The summed E-state index contributed by atoms with van der Waals surface area (Å²) in [6.45, 7) is 2.46. The third-order valence-corrected chi connectivity index (χ3v) is 3.43. The number of benzene rings is 2. The van der Waals surface area contributed by atoms with Gasteiger partial charge in [0.1, 0.15) is 22.8 Å². The van der Waals surface area contributed by atoms with E-state index in [1.165, 1.54) is 32.0 Å². The van der Waals surface area contributed by atoms with E-state index in [1.54, 1.807) is 24.3 Å². The van der Waals surface area contributed by atoms with Crippen molar-refractivity contribution in [3.8, 4) is 17.2 Å². The van der Waals surface area contributed by atoms with Crippen molar-refractivity contribution in [2.45, 2.75) is 13.8 Å². The fourth-order valence-corrected chi connectivity index (χ4v) is 2.17. The van der Waals surface area contributed by atoms with Crippen molar-refractivity contribution in [2.24, 2.45) is 0 Å². The first kappa shape index (κ1) is 17.9.